The van der Waals surface area contributed by atoms with Crippen LogP contribution in [0, 0.1) is 0 Å². The van der Waals surface area contributed by atoms with Gasteiger partial charge in [-0.3, -0.25) is 4.90 Å². The van der Waals surface area contributed by atoms with E-state index in [1.165, 1.54) is 38.6 Å². The Hall–Kier alpha value is -1.22. The van der Waals surface area contributed by atoms with Gasteiger partial charge < -0.3 is 20.1 Å². The van der Waals surface area contributed by atoms with Crippen molar-refractivity contribution in [2.75, 3.05) is 26.4 Å². The molecule has 1 atom stereocenters. The summed E-state index contributed by atoms with van der Waals surface area (Å²) in [5.74, 6) is 2.54. The van der Waals surface area contributed by atoms with E-state index in [9.17, 15) is 0 Å². The predicted octanol–water partition coefficient (Wildman–Crippen LogP) is 3.11. The van der Waals surface area contributed by atoms with E-state index in [2.05, 4.69) is 28.5 Å². The average Bonchev–Trinajstić information content (AvgIpc) is 3.39. The number of fused-ring (bicyclic) bond motifs is 1. The summed E-state index contributed by atoms with van der Waals surface area (Å²) in [5.41, 5.74) is 1.07. The summed E-state index contributed by atoms with van der Waals surface area (Å²) in [4.78, 5) is 7.46. The van der Waals surface area contributed by atoms with Crippen molar-refractivity contribution in [1.29, 1.82) is 0 Å². The average molecular weight is 486 g/mol. The van der Waals surface area contributed by atoms with Gasteiger partial charge in [0.1, 0.15) is 0 Å². The first kappa shape index (κ1) is 20.5. The van der Waals surface area contributed by atoms with Gasteiger partial charge >= 0.3 is 0 Å². The summed E-state index contributed by atoms with van der Waals surface area (Å²) in [7, 11) is 0. The van der Waals surface area contributed by atoms with Crippen LogP contribution in [0.15, 0.2) is 23.2 Å². The van der Waals surface area contributed by atoms with Crippen molar-refractivity contribution >= 4 is 29.9 Å². The van der Waals surface area contributed by atoms with Gasteiger partial charge in [0.2, 0.25) is 6.79 Å². The minimum absolute atomic E-state index is 0. The van der Waals surface area contributed by atoms with E-state index in [-0.39, 0.29) is 24.0 Å². The van der Waals surface area contributed by atoms with Gasteiger partial charge in [-0.25, -0.2) is 4.99 Å². The fourth-order valence-corrected chi connectivity index (χ4v) is 4.30. The van der Waals surface area contributed by atoms with E-state index in [0.29, 0.717) is 19.4 Å². The second-order valence-corrected chi connectivity index (χ2v) is 7.41. The van der Waals surface area contributed by atoms with Crippen LogP contribution in [0.1, 0.15) is 44.6 Å². The van der Waals surface area contributed by atoms with E-state index in [1.54, 1.807) is 0 Å². The summed E-state index contributed by atoms with van der Waals surface area (Å²) in [5, 5.41) is 7.01. The van der Waals surface area contributed by atoms with Gasteiger partial charge in [0, 0.05) is 37.3 Å². The highest BCUT2D eigenvalue weighted by Crippen LogP contribution is 2.35. The lowest BCUT2D eigenvalue weighted by Crippen LogP contribution is -2.45. The summed E-state index contributed by atoms with van der Waals surface area (Å²) in [6, 6.07) is 7.28. The Labute approximate surface area is 179 Å². The third-order valence-electron chi connectivity index (χ3n) is 5.63. The number of para-hydroxylation sites is 1. The smallest absolute Gasteiger partial charge is 0.231 e. The van der Waals surface area contributed by atoms with Crippen molar-refractivity contribution in [2.24, 2.45) is 4.99 Å². The second kappa shape index (κ2) is 9.82. The molecule has 150 valence electrons. The Balaban J connectivity index is 0.00000210. The van der Waals surface area contributed by atoms with Crippen molar-refractivity contribution in [1.82, 2.24) is 15.5 Å². The molecule has 1 unspecified atom stereocenters. The molecule has 1 saturated carbocycles. The third-order valence-corrected chi connectivity index (χ3v) is 5.63. The molecule has 2 heterocycles. The minimum Gasteiger partial charge on any atom is -0.454 e. The van der Waals surface area contributed by atoms with Crippen molar-refractivity contribution in [2.45, 2.75) is 57.7 Å². The van der Waals surface area contributed by atoms with Gasteiger partial charge in [-0.2, -0.15) is 0 Å². The Morgan fingerprint density at radius 3 is 2.89 bits per heavy atom. The van der Waals surface area contributed by atoms with Gasteiger partial charge in [-0.15, -0.1) is 24.0 Å². The lowest BCUT2D eigenvalue weighted by Gasteiger charge is -2.24. The SMILES string of the molecule is CCNC(=NCc1cccc2c1OCO2)NC1CCN(C2CCCC2)C1.I. The second-order valence-electron chi connectivity index (χ2n) is 7.41. The Bertz CT molecular complexity index is 649. The van der Waals surface area contributed by atoms with Gasteiger partial charge in [-0.05, 0) is 32.3 Å². The molecule has 0 bridgehead atoms. The first-order valence-electron chi connectivity index (χ1n) is 10.00. The maximum Gasteiger partial charge on any atom is 0.231 e. The van der Waals surface area contributed by atoms with Crippen LogP contribution in [0.2, 0.25) is 0 Å². The number of guanidine groups is 1. The lowest BCUT2D eigenvalue weighted by molar-refractivity contribution is 0.173. The zero-order valence-corrected chi connectivity index (χ0v) is 18.4. The number of hydrogen-bond donors (Lipinski definition) is 2. The normalized spacial score (nSPS) is 22.7. The van der Waals surface area contributed by atoms with Crippen LogP contribution in [0.5, 0.6) is 11.5 Å². The number of hydrogen-bond acceptors (Lipinski definition) is 4. The van der Waals surface area contributed by atoms with E-state index in [1.807, 2.05) is 12.1 Å². The molecule has 1 aromatic rings. The Morgan fingerprint density at radius 2 is 2.07 bits per heavy atom. The van der Waals surface area contributed by atoms with E-state index in [0.717, 1.165) is 42.2 Å². The quantitative estimate of drug-likeness (QED) is 0.381. The molecular weight excluding hydrogens is 455 g/mol. The van der Waals surface area contributed by atoms with E-state index in [4.69, 9.17) is 14.5 Å². The molecule has 0 amide bonds. The molecule has 4 rings (SSSR count). The molecule has 3 aliphatic rings. The number of rotatable bonds is 5. The summed E-state index contributed by atoms with van der Waals surface area (Å²) < 4.78 is 11.0. The molecule has 1 aliphatic carbocycles. The van der Waals surface area contributed by atoms with E-state index < -0.39 is 0 Å². The van der Waals surface area contributed by atoms with Crippen molar-refractivity contribution in [3.8, 4) is 11.5 Å². The minimum atomic E-state index is 0. The maximum atomic E-state index is 5.59. The molecule has 0 radical (unpaired) electrons. The van der Waals surface area contributed by atoms with E-state index >= 15 is 0 Å². The Morgan fingerprint density at radius 1 is 1.22 bits per heavy atom. The number of ether oxygens (including phenoxy) is 2. The van der Waals surface area contributed by atoms with Crippen molar-refractivity contribution in [3.05, 3.63) is 23.8 Å². The molecule has 0 spiro atoms. The summed E-state index contributed by atoms with van der Waals surface area (Å²) in [6.45, 7) is 6.19. The van der Waals surface area contributed by atoms with Gasteiger partial charge in [0.25, 0.3) is 0 Å². The van der Waals surface area contributed by atoms with Crippen LogP contribution in [0.25, 0.3) is 0 Å². The molecule has 1 saturated heterocycles. The lowest BCUT2D eigenvalue weighted by atomic mass is 10.2. The van der Waals surface area contributed by atoms with Crippen LogP contribution in [-0.4, -0.2) is 49.4 Å². The van der Waals surface area contributed by atoms with Gasteiger partial charge in [0.15, 0.2) is 17.5 Å². The molecule has 1 aromatic carbocycles. The zero-order chi connectivity index (χ0) is 17.8. The van der Waals surface area contributed by atoms with Crippen molar-refractivity contribution < 1.29 is 9.47 Å². The number of aliphatic imine (C=N–C) groups is 1. The number of likely N-dealkylation sites (tertiary alicyclic amines) is 1. The largest absolute Gasteiger partial charge is 0.454 e. The molecule has 27 heavy (non-hydrogen) atoms. The Kier molecular flexibility index (Phi) is 7.46. The fourth-order valence-electron chi connectivity index (χ4n) is 4.30. The highest BCUT2D eigenvalue weighted by Gasteiger charge is 2.30. The molecule has 2 aliphatic heterocycles. The maximum absolute atomic E-state index is 5.59. The molecule has 2 fully saturated rings. The number of nitrogens with zero attached hydrogens (tertiary/aromatic N) is 2. The van der Waals surface area contributed by atoms with Crippen LogP contribution in [0.4, 0.5) is 0 Å². The fraction of sp³-hybridized carbons (Fsp3) is 0.650. The predicted molar refractivity (Wildman–Crippen MR) is 118 cm³/mol. The highest BCUT2D eigenvalue weighted by molar-refractivity contribution is 14.0. The topological polar surface area (TPSA) is 58.1 Å². The number of benzene rings is 1. The summed E-state index contributed by atoms with van der Waals surface area (Å²) in [6.07, 6.45) is 6.75. The van der Waals surface area contributed by atoms with Gasteiger partial charge in [-0.1, -0.05) is 25.0 Å². The highest BCUT2D eigenvalue weighted by atomic mass is 127. The number of nitrogens with one attached hydrogen (secondary N) is 2. The van der Waals surface area contributed by atoms with Crippen LogP contribution in [-0.2, 0) is 6.54 Å². The first-order chi connectivity index (χ1) is 12.8. The molecule has 2 N–H and O–H groups in total. The molecular formula is C20H31IN4O2. The van der Waals surface area contributed by atoms with Gasteiger partial charge in [0.05, 0.1) is 6.54 Å². The van der Waals surface area contributed by atoms with Crippen molar-refractivity contribution in [3.63, 3.8) is 0 Å². The molecule has 6 nitrogen and oxygen atoms in total. The standard InChI is InChI=1S/C20H30N4O2.HI/c1-2-21-20(22-12-15-6-5-9-18-19(15)26-14-25-18)23-16-10-11-24(13-16)17-7-3-4-8-17;/h5-6,9,16-17H,2-4,7-8,10-14H2,1H3,(H2,21,22,23);1H. The first-order valence-corrected chi connectivity index (χ1v) is 10.00. The van der Waals surface area contributed by atoms with Crippen LogP contribution in [0.3, 0.4) is 0 Å². The van der Waals surface area contributed by atoms with Crippen LogP contribution < -0.4 is 20.1 Å². The molecule has 0 aromatic heterocycles. The van der Waals surface area contributed by atoms with Crippen LogP contribution >= 0.6 is 24.0 Å². The number of halogens is 1. The summed E-state index contributed by atoms with van der Waals surface area (Å²) >= 11 is 0. The molecule has 7 heteroatoms. The monoisotopic (exact) mass is 486 g/mol. The zero-order valence-electron chi connectivity index (χ0n) is 16.1. The third kappa shape index (κ3) is 4.99.